The Morgan fingerprint density at radius 1 is 1.70 bits per heavy atom. The van der Waals surface area contributed by atoms with Crippen LogP contribution in [-0.4, -0.2) is 37.3 Å². The molecule has 0 aromatic carbocycles. The molecule has 0 aliphatic heterocycles. The summed E-state index contributed by atoms with van der Waals surface area (Å²) in [5.74, 6) is 0. The van der Waals surface area contributed by atoms with Gasteiger partial charge in [0, 0.05) is 0 Å². The van der Waals surface area contributed by atoms with Gasteiger partial charge in [0.05, 0.1) is 12.5 Å². The topological polar surface area (TPSA) is 17.2 Å². The smallest absolute Gasteiger partial charge is 0.170 e. The van der Waals surface area contributed by atoms with Gasteiger partial charge < -0.3 is 0 Å². The summed E-state index contributed by atoms with van der Waals surface area (Å²) >= 11 is 0. The van der Waals surface area contributed by atoms with Gasteiger partial charge in [-0.3, -0.25) is 9.89 Å². The van der Waals surface area contributed by atoms with E-state index in [1.165, 1.54) is 25.1 Å². The van der Waals surface area contributed by atoms with Crippen molar-refractivity contribution in [3.63, 3.8) is 0 Å². The van der Waals surface area contributed by atoms with Gasteiger partial charge in [0.1, 0.15) is 7.05 Å². The molecule has 58 valence electrons. The van der Waals surface area contributed by atoms with E-state index in [-0.39, 0.29) is 0 Å². The Labute approximate surface area is 62.9 Å². The van der Waals surface area contributed by atoms with E-state index in [4.69, 9.17) is 0 Å². The largest absolute Gasteiger partial charge is 0.294 e. The van der Waals surface area contributed by atoms with Crippen molar-refractivity contribution in [1.82, 2.24) is 4.90 Å². The molecule has 1 N–H and O–H groups in total. The van der Waals surface area contributed by atoms with E-state index in [0.29, 0.717) is 0 Å². The van der Waals surface area contributed by atoms with Crippen molar-refractivity contribution < 1.29 is 4.99 Å². The fourth-order valence-corrected chi connectivity index (χ4v) is 1.35. The zero-order valence-electron chi connectivity index (χ0n) is 7.15. The monoisotopic (exact) mass is 141 g/mol. The molecule has 1 saturated carbocycles. The first-order valence-corrected chi connectivity index (χ1v) is 4.03. The van der Waals surface area contributed by atoms with Gasteiger partial charge in [0.15, 0.2) is 5.71 Å². The third-order valence-electron chi connectivity index (χ3n) is 2.08. The molecule has 1 atom stereocenters. The zero-order chi connectivity index (χ0) is 7.56. The molecule has 1 aliphatic carbocycles. The standard InChI is InChI=1S/C8H16N2/c1-4-5-10(3)8-6-7(8)9-2/h8H,4-6H2,1-3H3/p+1. The van der Waals surface area contributed by atoms with Crippen molar-refractivity contribution in [3.8, 4) is 0 Å². The van der Waals surface area contributed by atoms with Gasteiger partial charge in [-0.25, -0.2) is 0 Å². The van der Waals surface area contributed by atoms with Crippen molar-refractivity contribution >= 4 is 5.71 Å². The molecule has 1 fully saturated rings. The number of rotatable bonds is 3. The molecule has 0 saturated heterocycles. The van der Waals surface area contributed by atoms with Crippen LogP contribution in [0.1, 0.15) is 19.8 Å². The van der Waals surface area contributed by atoms with E-state index < -0.39 is 0 Å². The summed E-state index contributed by atoms with van der Waals surface area (Å²) < 4.78 is 0. The maximum Gasteiger partial charge on any atom is 0.170 e. The summed E-state index contributed by atoms with van der Waals surface area (Å²) in [6.07, 6.45) is 2.51. The number of hydrogen-bond donors (Lipinski definition) is 1. The zero-order valence-corrected chi connectivity index (χ0v) is 7.15. The van der Waals surface area contributed by atoms with E-state index >= 15 is 0 Å². The summed E-state index contributed by atoms with van der Waals surface area (Å²) in [5, 5.41) is 0. The van der Waals surface area contributed by atoms with Crippen LogP contribution in [0, 0.1) is 0 Å². The van der Waals surface area contributed by atoms with Crippen LogP contribution >= 0.6 is 0 Å². The third kappa shape index (κ3) is 1.57. The number of nitrogens with one attached hydrogen (secondary N) is 1. The van der Waals surface area contributed by atoms with E-state index in [1.54, 1.807) is 0 Å². The summed E-state index contributed by atoms with van der Waals surface area (Å²) in [5.41, 5.74) is 1.50. The average Bonchev–Trinajstić information content (AvgIpc) is 2.66. The molecule has 2 nitrogen and oxygen atoms in total. The molecule has 0 aromatic heterocycles. The van der Waals surface area contributed by atoms with Gasteiger partial charge in [0.25, 0.3) is 0 Å². The Morgan fingerprint density at radius 3 is 2.80 bits per heavy atom. The normalized spacial score (nSPS) is 28.0. The Morgan fingerprint density at radius 2 is 2.40 bits per heavy atom. The summed E-state index contributed by atoms with van der Waals surface area (Å²) in [4.78, 5) is 5.61. The predicted molar refractivity (Wildman–Crippen MR) is 43.2 cm³/mol. The highest BCUT2D eigenvalue weighted by Crippen LogP contribution is 2.18. The van der Waals surface area contributed by atoms with Crippen molar-refractivity contribution in [2.24, 2.45) is 0 Å². The molecule has 0 bridgehead atoms. The summed E-state index contributed by atoms with van der Waals surface area (Å²) in [7, 11) is 4.20. The first-order chi connectivity index (χ1) is 4.79. The average molecular weight is 141 g/mol. The van der Waals surface area contributed by atoms with E-state index in [2.05, 4.69) is 23.9 Å². The molecule has 1 rings (SSSR count). The van der Waals surface area contributed by atoms with Gasteiger partial charge in [-0.1, -0.05) is 6.92 Å². The second kappa shape index (κ2) is 3.15. The minimum atomic E-state index is 0.741. The second-order valence-corrected chi connectivity index (χ2v) is 2.98. The Bertz CT molecular complexity index is 140. The lowest BCUT2D eigenvalue weighted by Gasteiger charge is -2.10. The van der Waals surface area contributed by atoms with Crippen molar-refractivity contribution in [2.45, 2.75) is 25.8 Å². The molecule has 0 radical (unpaired) electrons. The molecular formula is C8H17N2+. The molecular weight excluding hydrogens is 124 g/mol. The Hall–Kier alpha value is -0.370. The molecule has 1 unspecified atom stereocenters. The van der Waals surface area contributed by atoms with Crippen LogP contribution in [0.2, 0.25) is 0 Å². The lowest BCUT2D eigenvalue weighted by Crippen LogP contribution is -2.65. The lowest BCUT2D eigenvalue weighted by molar-refractivity contribution is -0.418. The molecule has 0 aromatic rings. The molecule has 1 aliphatic rings. The molecule has 0 spiro atoms. The summed E-state index contributed by atoms with van der Waals surface area (Å²) in [6, 6.07) is 0.741. The van der Waals surface area contributed by atoms with Crippen molar-refractivity contribution in [3.05, 3.63) is 0 Å². The van der Waals surface area contributed by atoms with Crippen LogP contribution in [0.4, 0.5) is 0 Å². The van der Waals surface area contributed by atoms with Crippen LogP contribution in [0.3, 0.4) is 0 Å². The first kappa shape index (κ1) is 7.73. The van der Waals surface area contributed by atoms with Crippen LogP contribution in [0.15, 0.2) is 0 Å². The first-order valence-electron chi connectivity index (χ1n) is 4.03. The maximum atomic E-state index is 3.20. The maximum absolute atomic E-state index is 3.20. The fourth-order valence-electron chi connectivity index (χ4n) is 1.35. The minimum Gasteiger partial charge on any atom is -0.294 e. The molecule has 10 heavy (non-hydrogen) atoms. The van der Waals surface area contributed by atoms with Crippen LogP contribution in [-0.2, 0) is 0 Å². The van der Waals surface area contributed by atoms with Crippen molar-refractivity contribution in [2.75, 3.05) is 20.6 Å². The molecule has 0 amide bonds. The van der Waals surface area contributed by atoms with Gasteiger partial charge in [-0.15, -0.1) is 0 Å². The Kier molecular flexibility index (Phi) is 2.44. The highest BCUT2D eigenvalue weighted by atomic mass is 15.2. The molecule has 0 heterocycles. The highest BCUT2D eigenvalue weighted by molar-refractivity contribution is 6.00. The van der Waals surface area contributed by atoms with Crippen LogP contribution < -0.4 is 4.99 Å². The molecule has 2 heteroatoms. The fraction of sp³-hybridized carbons (Fsp3) is 0.875. The second-order valence-electron chi connectivity index (χ2n) is 2.98. The van der Waals surface area contributed by atoms with Gasteiger partial charge in [-0.2, -0.15) is 0 Å². The minimum absolute atomic E-state index is 0.741. The Balaban J connectivity index is 2.25. The number of nitrogens with zero attached hydrogens (tertiary/aromatic N) is 1. The van der Waals surface area contributed by atoms with E-state index in [1.807, 2.05) is 7.05 Å². The van der Waals surface area contributed by atoms with E-state index in [0.717, 1.165) is 6.04 Å². The highest BCUT2D eigenvalue weighted by Gasteiger charge is 2.40. The van der Waals surface area contributed by atoms with Gasteiger partial charge in [-0.05, 0) is 20.0 Å². The quantitative estimate of drug-likeness (QED) is 0.547. The van der Waals surface area contributed by atoms with Gasteiger partial charge in [0.2, 0.25) is 0 Å². The predicted octanol–water partition coefficient (Wildman–Crippen LogP) is -0.748. The lowest BCUT2D eigenvalue weighted by atomic mass is 10.4. The SMILES string of the molecule is CCCN(C)C1CC1=[NH+]C. The van der Waals surface area contributed by atoms with Crippen LogP contribution in [0.25, 0.3) is 0 Å². The van der Waals surface area contributed by atoms with E-state index in [9.17, 15) is 0 Å². The third-order valence-corrected chi connectivity index (χ3v) is 2.08. The van der Waals surface area contributed by atoms with Crippen LogP contribution in [0.5, 0.6) is 0 Å². The van der Waals surface area contributed by atoms with Gasteiger partial charge >= 0.3 is 0 Å². The number of hydrogen-bond acceptors (Lipinski definition) is 1. The van der Waals surface area contributed by atoms with Crippen molar-refractivity contribution in [1.29, 1.82) is 0 Å². The summed E-state index contributed by atoms with van der Waals surface area (Å²) in [6.45, 7) is 3.44.